The zero-order chi connectivity index (χ0) is 12.8. The standard InChI is InChI=1S/C15H29NO2/c1-12-4-3-5-13(10-12)15-14(6-8-18-15)11-16-7-9-17-2/h12-16H,3-11H2,1-2H3. The number of hydrogen-bond acceptors (Lipinski definition) is 3. The van der Waals surface area contributed by atoms with Gasteiger partial charge in [0.05, 0.1) is 12.7 Å². The Kier molecular flexibility index (Phi) is 5.93. The van der Waals surface area contributed by atoms with Gasteiger partial charge in [-0.25, -0.2) is 0 Å². The van der Waals surface area contributed by atoms with Crippen LogP contribution in [0.5, 0.6) is 0 Å². The van der Waals surface area contributed by atoms with E-state index in [1.54, 1.807) is 7.11 Å². The lowest BCUT2D eigenvalue weighted by atomic mass is 9.76. The van der Waals surface area contributed by atoms with Crippen molar-refractivity contribution in [3.8, 4) is 0 Å². The van der Waals surface area contributed by atoms with E-state index in [1.165, 1.54) is 32.1 Å². The lowest BCUT2D eigenvalue weighted by molar-refractivity contribution is 0.0185. The van der Waals surface area contributed by atoms with Crippen molar-refractivity contribution in [2.45, 2.75) is 45.1 Å². The van der Waals surface area contributed by atoms with E-state index < -0.39 is 0 Å². The fraction of sp³-hybridized carbons (Fsp3) is 1.00. The molecule has 106 valence electrons. The van der Waals surface area contributed by atoms with Crippen LogP contribution in [-0.4, -0.2) is 39.5 Å². The fourth-order valence-corrected chi connectivity index (χ4v) is 3.64. The Morgan fingerprint density at radius 2 is 2.17 bits per heavy atom. The molecule has 4 unspecified atom stereocenters. The van der Waals surface area contributed by atoms with Crippen molar-refractivity contribution in [1.29, 1.82) is 0 Å². The Balaban J connectivity index is 1.75. The fourth-order valence-electron chi connectivity index (χ4n) is 3.64. The van der Waals surface area contributed by atoms with Gasteiger partial charge in [-0.05, 0) is 31.1 Å². The van der Waals surface area contributed by atoms with E-state index in [1.807, 2.05) is 0 Å². The number of nitrogens with one attached hydrogen (secondary N) is 1. The highest BCUT2D eigenvalue weighted by molar-refractivity contribution is 4.86. The lowest BCUT2D eigenvalue weighted by Gasteiger charge is -2.33. The zero-order valence-corrected chi connectivity index (χ0v) is 12.0. The summed E-state index contributed by atoms with van der Waals surface area (Å²) in [5.74, 6) is 2.43. The molecule has 1 saturated carbocycles. The SMILES string of the molecule is COCCNCC1CCOC1C1CCCC(C)C1. The highest BCUT2D eigenvalue weighted by Crippen LogP contribution is 2.37. The normalized spacial score (nSPS) is 37.0. The second-order valence-electron chi connectivity index (χ2n) is 6.11. The summed E-state index contributed by atoms with van der Waals surface area (Å²) in [6.45, 7) is 6.22. The third-order valence-electron chi connectivity index (χ3n) is 4.59. The van der Waals surface area contributed by atoms with Crippen molar-refractivity contribution < 1.29 is 9.47 Å². The molecule has 18 heavy (non-hydrogen) atoms. The topological polar surface area (TPSA) is 30.5 Å². The van der Waals surface area contributed by atoms with Crippen molar-refractivity contribution in [2.24, 2.45) is 17.8 Å². The highest BCUT2D eigenvalue weighted by atomic mass is 16.5. The molecule has 3 heteroatoms. The third-order valence-corrected chi connectivity index (χ3v) is 4.59. The molecular weight excluding hydrogens is 226 g/mol. The minimum atomic E-state index is 0.516. The molecule has 1 heterocycles. The van der Waals surface area contributed by atoms with Crippen molar-refractivity contribution in [3.05, 3.63) is 0 Å². The molecule has 0 amide bonds. The monoisotopic (exact) mass is 255 g/mol. The molecule has 1 saturated heterocycles. The number of ether oxygens (including phenoxy) is 2. The van der Waals surface area contributed by atoms with Gasteiger partial charge in [-0.2, -0.15) is 0 Å². The van der Waals surface area contributed by atoms with Crippen molar-refractivity contribution in [1.82, 2.24) is 5.32 Å². The van der Waals surface area contributed by atoms with Crippen LogP contribution >= 0.6 is 0 Å². The molecule has 2 rings (SSSR count). The maximum atomic E-state index is 6.04. The Hall–Kier alpha value is -0.120. The number of hydrogen-bond donors (Lipinski definition) is 1. The minimum Gasteiger partial charge on any atom is -0.383 e. The lowest BCUT2D eigenvalue weighted by Crippen LogP contribution is -2.36. The summed E-state index contributed by atoms with van der Waals surface area (Å²) in [5, 5.41) is 3.50. The van der Waals surface area contributed by atoms with Crippen LogP contribution in [0.1, 0.15) is 39.0 Å². The molecular formula is C15H29NO2. The molecule has 1 aliphatic carbocycles. The number of rotatable bonds is 6. The van der Waals surface area contributed by atoms with Crippen LogP contribution in [0.15, 0.2) is 0 Å². The van der Waals surface area contributed by atoms with Gasteiger partial charge < -0.3 is 14.8 Å². The molecule has 3 nitrogen and oxygen atoms in total. The summed E-state index contributed by atoms with van der Waals surface area (Å²) < 4.78 is 11.1. The van der Waals surface area contributed by atoms with Gasteiger partial charge in [0.25, 0.3) is 0 Å². The molecule has 0 aromatic carbocycles. The summed E-state index contributed by atoms with van der Waals surface area (Å²) in [5.41, 5.74) is 0. The molecule has 2 fully saturated rings. The molecule has 0 bridgehead atoms. The predicted molar refractivity (Wildman–Crippen MR) is 73.7 cm³/mol. The Labute approximate surface area is 112 Å². The highest BCUT2D eigenvalue weighted by Gasteiger charge is 2.36. The summed E-state index contributed by atoms with van der Waals surface area (Å²) in [6.07, 6.45) is 7.32. The van der Waals surface area contributed by atoms with Crippen LogP contribution in [0.25, 0.3) is 0 Å². The van der Waals surface area contributed by atoms with Gasteiger partial charge in [-0.15, -0.1) is 0 Å². The minimum absolute atomic E-state index is 0.516. The van der Waals surface area contributed by atoms with Crippen molar-refractivity contribution in [2.75, 3.05) is 33.4 Å². The Morgan fingerprint density at radius 3 is 2.94 bits per heavy atom. The second kappa shape index (κ2) is 7.46. The second-order valence-corrected chi connectivity index (χ2v) is 6.11. The molecule has 0 aromatic rings. The third kappa shape index (κ3) is 3.94. The van der Waals surface area contributed by atoms with Crippen molar-refractivity contribution >= 4 is 0 Å². The molecule has 2 aliphatic rings. The first kappa shape index (κ1) is 14.3. The molecule has 0 aromatic heterocycles. The molecule has 0 radical (unpaired) electrons. The van der Waals surface area contributed by atoms with E-state index in [0.29, 0.717) is 6.10 Å². The predicted octanol–water partition coefficient (Wildman–Crippen LogP) is 2.45. The summed E-state index contributed by atoms with van der Waals surface area (Å²) in [4.78, 5) is 0. The van der Waals surface area contributed by atoms with Gasteiger partial charge in [-0.1, -0.05) is 19.8 Å². The smallest absolute Gasteiger partial charge is 0.0644 e. The summed E-state index contributed by atoms with van der Waals surface area (Å²) in [7, 11) is 1.76. The van der Waals surface area contributed by atoms with Crippen molar-refractivity contribution in [3.63, 3.8) is 0 Å². The summed E-state index contributed by atoms with van der Waals surface area (Å²) >= 11 is 0. The van der Waals surface area contributed by atoms with E-state index in [9.17, 15) is 0 Å². The number of methoxy groups -OCH3 is 1. The van der Waals surface area contributed by atoms with E-state index in [4.69, 9.17) is 9.47 Å². The average molecular weight is 255 g/mol. The van der Waals surface area contributed by atoms with Gasteiger partial charge in [0.15, 0.2) is 0 Å². The molecule has 4 atom stereocenters. The van der Waals surface area contributed by atoms with Crippen LogP contribution < -0.4 is 5.32 Å². The van der Waals surface area contributed by atoms with Gasteiger partial charge >= 0.3 is 0 Å². The molecule has 0 spiro atoms. The van der Waals surface area contributed by atoms with Gasteiger partial charge in [-0.3, -0.25) is 0 Å². The Bertz CT molecular complexity index is 235. The molecule has 1 aliphatic heterocycles. The first-order chi connectivity index (χ1) is 8.81. The quantitative estimate of drug-likeness (QED) is 0.740. The summed E-state index contributed by atoms with van der Waals surface area (Å²) in [6, 6.07) is 0. The average Bonchev–Trinajstić information content (AvgIpc) is 2.83. The largest absolute Gasteiger partial charge is 0.383 e. The van der Waals surface area contributed by atoms with Crippen LogP contribution in [0, 0.1) is 17.8 Å². The zero-order valence-electron chi connectivity index (χ0n) is 12.0. The van der Waals surface area contributed by atoms with Gasteiger partial charge in [0.2, 0.25) is 0 Å². The van der Waals surface area contributed by atoms with E-state index >= 15 is 0 Å². The van der Waals surface area contributed by atoms with Gasteiger partial charge in [0, 0.05) is 32.7 Å². The first-order valence-corrected chi connectivity index (χ1v) is 7.62. The Morgan fingerprint density at radius 1 is 1.28 bits per heavy atom. The van der Waals surface area contributed by atoms with Crippen LogP contribution in [0.3, 0.4) is 0 Å². The van der Waals surface area contributed by atoms with E-state index in [-0.39, 0.29) is 0 Å². The molecule has 1 N–H and O–H groups in total. The first-order valence-electron chi connectivity index (χ1n) is 7.62. The van der Waals surface area contributed by atoms with Gasteiger partial charge in [0.1, 0.15) is 0 Å². The maximum Gasteiger partial charge on any atom is 0.0644 e. The van der Waals surface area contributed by atoms with Crippen LogP contribution in [-0.2, 0) is 9.47 Å². The van der Waals surface area contributed by atoms with E-state index in [0.717, 1.165) is 44.1 Å². The maximum absolute atomic E-state index is 6.04. The van der Waals surface area contributed by atoms with Crippen LogP contribution in [0.4, 0.5) is 0 Å². The van der Waals surface area contributed by atoms with Crippen LogP contribution in [0.2, 0.25) is 0 Å². The van der Waals surface area contributed by atoms with E-state index in [2.05, 4.69) is 12.2 Å².